The lowest BCUT2D eigenvalue weighted by molar-refractivity contribution is -0.120. The second-order valence-electron chi connectivity index (χ2n) is 4.01. The van der Waals surface area contributed by atoms with Gasteiger partial charge < -0.3 is 0 Å². The highest BCUT2D eigenvalue weighted by Crippen LogP contribution is 2.27. The SMILES string of the molecule is CC(=O)CN1CC(C)(C)C1. The molecule has 1 rings (SSSR count). The van der Waals surface area contributed by atoms with E-state index in [-0.39, 0.29) is 5.78 Å². The molecule has 0 atom stereocenters. The van der Waals surface area contributed by atoms with Gasteiger partial charge in [-0.15, -0.1) is 0 Å². The molecule has 0 N–H and O–H groups in total. The van der Waals surface area contributed by atoms with E-state index >= 15 is 0 Å². The Morgan fingerprint density at radius 3 is 2.30 bits per heavy atom. The molecule has 0 aromatic rings. The zero-order valence-corrected chi connectivity index (χ0v) is 6.98. The van der Waals surface area contributed by atoms with Crippen LogP contribution in [0.4, 0.5) is 0 Å². The number of rotatable bonds is 2. The summed E-state index contributed by atoms with van der Waals surface area (Å²) in [5, 5.41) is 0. The lowest BCUT2D eigenvalue weighted by atomic mass is 9.84. The number of Topliss-reactive ketones (excluding diaryl/α,β-unsaturated/α-hetero) is 1. The third kappa shape index (κ3) is 1.81. The molecule has 0 aromatic heterocycles. The molecular formula is C8H15NO. The summed E-state index contributed by atoms with van der Waals surface area (Å²) in [4.78, 5) is 12.8. The summed E-state index contributed by atoms with van der Waals surface area (Å²) >= 11 is 0. The number of hydrogen-bond acceptors (Lipinski definition) is 2. The van der Waals surface area contributed by atoms with Crippen LogP contribution in [0.15, 0.2) is 0 Å². The number of likely N-dealkylation sites (tertiary alicyclic amines) is 1. The zero-order valence-electron chi connectivity index (χ0n) is 6.98. The van der Waals surface area contributed by atoms with Gasteiger partial charge in [0.2, 0.25) is 0 Å². The minimum atomic E-state index is 0.274. The first kappa shape index (κ1) is 7.73. The van der Waals surface area contributed by atoms with Gasteiger partial charge in [-0.25, -0.2) is 0 Å². The average molecular weight is 141 g/mol. The van der Waals surface area contributed by atoms with Gasteiger partial charge in [0.1, 0.15) is 5.78 Å². The third-order valence-corrected chi connectivity index (χ3v) is 1.75. The number of hydrogen-bond donors (Lipinski definition) is 0. The maximum atomic E-state index is 10.6. The van der Waals surface area contributed by atoms with Crippen LogP contribution in [0.1, 0.15) is 20.8 Å². The van der Waals surface area contributed by atoms with Crippen LogP contribution in [0.25, 0.3) is 0 Å². The Kier molecular flexibility index (Phi) is 1.82. The molecule has 0 aliphatic carbocycles. The quantitative estimate of drug-likeness (QED) is 0.570. The fraction of sp³-hybridized carbons (Fsp3) is 0.875. The van der Waals surface area contributed by atoms with E-state index in [0.29, 0.717) is 12.0 Å². The fourth-order valence-electron chi connectivity index (χ4n) is 1.59. The van der Waals surface area contributed by atoms with Crippen molar-refractivity contribution in [3.63, 3.8) is 0 Å². The Labute approximate surface area is 62.2 Å². The van der Waals surface area contributed by atoms with Crippen molar-refractivity contribution in [3.05, 3.63) is 0 Å². The van der Waals surface area contributed by atoms with Crippen molar-refractivity contribution < 1.29 is 4.79 Å². The lowest BCUT2D eigenvalue weighted by Crippen LogP contribution is -2.54. The van der Waals surface area contributed by atoms with E-state index in [2.05, 4.69) is 18.7 Å². The van der Waals surface area contributed by atoms with Crippen molar-refractivity contribution in [1.29, 1.82) is 0 Å². The van der Waals surface area contributed by atoms with Gasteiger partial charge in [0, 0.05) is 13.1 Å². The molecule has 0 saturated carbocycles. The van der Waals surface area contributed by atoms with Gasteiger partial charge in [-0.05, 0) is 12.3 Å². The highest BCUT2D eigenvalue weighted by molar-refractivity contribution is 5.77. The molecule has 2 nitrogen and oxygen atoms in total. The van der Waals surface area contributed by atoms with Crippen LogP contribution in [-0.4, -0.2) is 30.3 Å². The summed E-state index contributed by atoms with van der Waals surface area (Å²) in [7, 11) is 0. The largest absolute Gasteiger partial charge is 0.299 e. The van der Waals surface area contributed by atoms with Crippen LogP contribution in [0, 0.1) is 5.41 Å². The topological polar surface area (TPSA) is 20.3 Å². The Bertz CT molecular complexity index is 143. The van der Waals surface area contributed by atoms with Crippen LogP contribution in [0.2, 0.25) is 0 Å². The van der Waals surface area contributed by atoms with E-state index in [4.69, 9.17) is 0 Å². The number of ketones is 1. The molecule has 0 aromatic carbocycles. The maximum Gasteiger partial charge on any atom is 0.143 e. The molecule has 1 aliphatic rings. The summed E-state index contributed by atoms with van der Waals surface area (Å²) < 4.78 is 0. The van der Waals surface area contributed by atoms with Crippen LogP contribution >= 0.6 is 0 Å². The van der Waals surface area contributed by atoms with Crippen LogP contribution in [0.3, 0.4) is 0 Å². The molecule has 1 fully saturated rings. The van der Waals surface area contributed by atoms with Crippen molar-refractivity contribution in [2.24, 2.45) is 5.41 Å². The molecule has 0 spiro atoms. The van der Waals surface area contributed by atoms with E-state index < -0.39 is 0 Å². The normalized spacial score (nSPS) is 23.9. The Morgan fingerprint density at radius 2 is 2.00 bits per heavy atom. The van der Waals surface area contributed by atoms with Gasteiger partial charge in [-0.2, -0.15) is 0 Å². The van der Waals surface area contributed by atoms with E-state index in [9.17, 15) is 4.79 Å². The highest BCUT2D eigenvalue weighted by Gasteiger charge is 2.33. The first-order valence-electron chi connectivity index (χ1n) is 3.71. The van der Waals surface area contributed by atoms with Gasteiger partial charge in [-0.1, -0.05) is 13.8 Å². The molecule has 10 heavy (non-hydrogen) atoms. The van der Waals surface area contributed by atoms with Crippen molar-refractivity contribution in [1.82, 2.24) is 4.90 Å². The number of carbonyl (C=O) groups excluding carboxylic acids is 1. The standard InChI is InChI=1S/C8H15NO/c1-7(10)4-9-5-8(2,3)6-9/h4-6H2,1-3H3. The summed E-state index contributed by atoms with van der Waals surface area (Å²) in [5.74, 6) is 0.274. The zero-order chi connectivity index (χ0) is 7.78. The van der Waals surface area contributed by atoms with Gasteiger partial charge >= 0.3 is 0 Å². The second kappa shape index (κ2) is 2.35. The first-order chi connectivity index (χ1) is 4.49. The van der Waals surface area contributed by atoms with Crippen molar-refractivity contribution in [3.8, 4) is 0 Å². The maximum absolute atomic E-state index is 10.6. The molecule has 0 radical (unpaired) electrons. The fourth-order valence-corrected chi connectivity index (χ4v) is 1.59. The molecule has 1 heterocycles. The molecular weight excluding hydrogens is 126 g/mol. The second-order valence-corrected chi connectivity index (χ2v) is 4.01. The predicted octanol–water partition coefficient (Wildman–Crippen LogP) is 0.917. The number of nitrogens with zero attached hydrogens (tertiary/aromatic N) is 1. The first-order valence-corrected chi connectivity index (χ1v) is 3.71. The van der Waals surface area contributed by atoms with Crippen LogP contribution < -0.4 is 0 Å². The van der Waals surface area contributed by atoms with E-state index in [1.807, 2.05) is 0 Å². The minimum Gasteiger partial charge on any atom is -0.299 e. The van der Waals surface area contributed by atoms with E-state index in [1.165, 1.54) is 0 Å². The monoisotopic (exact) mass is 141 g/mol. The molecule has 58 valence electrons. The lowest BCUT2D eigenvalue weighted by Gasteiger charge is -2.45. The van der Waals surface area contributed by atoms with Gasteiger partial charge in [-0.3, -0.25) is 9.69 Å². The summed E-state index contributed by atoms with van der Waals surface area (Å²) in [6.45, 7) is 8.89. The van der Waals surface area contributed by atoms with Crippen molar-refractivity contribution >= 4 is 5.78 Å². The predicted molar refractivity (Wildman–Crippen MR) is 40.9 cm³/mol. The molecule has 0 bridgehead atoms. The van der Waals surface area contributed by atoms with Crippen LogP contribution in [0.5, 0.6) is 0 Å². The van der Waals surface area contributed by atoms with Gasteiger partial charge in [0.15, 0.2) is 0 Å². The van der Waals surface area contributed by atoms with E-state index in [0.717, 1.165) is 13.1 Å². The van der Waals surface area contributed by atoms with Crippen LogP contribution in [-0.2, 0) is 4.79 Å². The third-order valence-electron chi connectivity index (χ3n) is 1.75. The van der Waals surface area contributed by atoms with Gasteiger partial charge in [0.05, 0.1) is 6.54 Å². The molecule has 1 saturated heterocycles. The average Bonchev–Trinajstić information content (AvgIpc) is 1.57. The summed E-state index contributed by atoms with van der Waals surface area (Å²) in [6.07, 6.45) is 0. The van der Waals surface area contributed by atoms with Gasteiger partial charge in [0.25, 0.3) is 0 Å². The Hall–Kier alpha value is -0.370. The molecule has 0 unspecified atom stereocenters. The summed E-state index contributed by atoms with van der Waals surface area (Å²) in [6, 6.07) is 0. The Morgan fingerprint density at radius 1 is 1.50 bits per heavy atom. The highest BCUT2D eigenvalue weighted by atomic mass is 16.1. The van der Waals surface area contributed by atoms with Crippen molar-refractivity contribution in [2.45, 2.75) is 20.8 Å². The Balaban J connectivity index is 2.21. The smallest absolute Gasteiger partial charge is 0.143 e. The van der Waals surface area contributed by atoms with E-state index in [1.54, 1.807) is 6.92 Å². The molecule has 2 heteroatoms. The number of carbonyl (C=O) groups is 1. The van der Waals surface area contributed by atoms with Crippen molar-refractivity contribution in [2.75, 3.05) is 19.6 Å². The minimum absolute atomic E-state index is 0.274. The molecule has 0 amide bonds. The summed E-state index contributed by atoms with van der Waals surface area (Å²) in [5.41, 5.74) is 0.454. The molecule has 1 aliphatic heterocycles.